The molecule has 0 spiro atoms. The lowest BCUT2D eigenvalue weighted by molar-refractivity contribution is -0.139. The van der Waals surface area contributed by atoms with E-state index in [2.05, 4.69) is 15.3 Å². The Kier molecular flexibility index (Phi) is 5.99. The standard InChI is InChI=1S/C13H16N2O6/c1-8(14-15-13(18)20-3)9-4-5-10(11(6-9)19-2)21-7-12(16)17/h4-6H,7H2,1-3H3,(H,15,18)(H,16,17)/b14-8-. The number of nitrogens with zero attached hydrogens (tertiary/aromatic N) is 1. The highest BCUT2D eigenvalue weighted by Gasteiger charge is 2.09. The van der Waals surface area contributed by atoms with Gasteiger partial charge in [0.05, 0.1) is 19.9 Å². The fraction of sp³-hybridized carbons (Fsp3) is 0.308. The van der Waals surface area contributed by atoms with Crippen molar-refractivity contribution in [3.05, 3.63) is 23.8 Å². The third-order valence-corrected chi connectivity index (χ3v) is 2.43. The fourth-order valence-corrected chi connectivity index (χ4v) is 1.39. The number of nitrogens with one attached hydrogen (secondary N) is 1. The molecule has 21 heavy (non-hydrogen) atoms. The van der Waals surface area contributed by atoms with Gasteiger partial charge < -0.3 is 19.3 Å². The molecule has 0 atom stereocenters. The molecule has 1 amide bonds. The van der Waals surface area contributed by atoms with Crippen molar-refractivity contribution in [2.45, 2.75) is 6.92 Å². The first-order valence-corrected chi connectivity index (χ1v) is 5.89. The van der Waals surface area contributed by atoms with E-state index in [0.29, 0.717) is 22.8 Å². The van der Waals surface area contributed by atoms with Gasteiger partial charge in [-0.05, 0) is 25.1 Å². The summed E-state index contributed by atoms with van der Waals surface area (Å²) in [6, 6.07) is 4.85. The van der Waals surface area contributed by atoms with Crippen molar-refractivity contribution in [1.82, 2.24) is 5.43 Å². The van der Waals surface area contributed by atoms with Crippen LogP contribution in [0.4, 0.5) is 4.79 Å². The summed E-state index contributed by atoms with van der Waals surface area (Å²) in [4.78, 5) is 21.4. The Morgan fingerprint density at radius 1 is 1.29 bits per heavy atom. The largest absolute Gasteiger partial charge is 0.493 e. The van der Waals surface area contributed by atoms with Crippen LogP contribution in [0.2, 0.25) is 0 Å². The van der Waals surface area contributed by atoms with E-state index in [1.807, 2.05) is 0 Å². The van der Waals surface area contributed by atoms with Gasteiger partial charge in [0, 0.05) is 5.56 Å². The molecule has 8 nitrogen and oxygen atoms in total. The van der Waals surface area contributed by atoms with Crippen LogP contribution in [0.5, 0.6) is 11.5 Å². The second kappa shape index (κ2) is 7.73. The van der Waals surface area contributed by atoms with Crippen LogP contribution in [0.15, 0.2) is 23.3 Å². The monoisotopic (exact) mass is 296 g/mol. The number of methoxy groups -OCH3 is 2. The summed E-state index contributed by atoms with van der Waals surface area (Å²) in [6.45, 7) is 1.22. The Morgan fingerprint density at radius 2 is 2.00 bits per heavy atom. The third-order valence-electron chi connectivity index (χ3n) is 2.43. The second-order valence-electron chi connectivity index (χ2n) is 3.85. The number of hydrogen-bond donors (Lipinski definition) is 2. The molecule has 0 aliphatic rings. The van der Waals surface area contributed by atoms with Gasteiger partial charge >= 0.3 is 12.1 Å². The van der Waals surface area contributed by atoms with E-state index in [9.17, 15) is 9.59 Å². The third kappa shape index (κ3) is 5.01. The molecule has 0 heterocycles. The molecule has 0 radical (unpaired) electrons. The minimum atomic E-state index is -1.08. The van der Waals surface area contributed by atoms with Crippen molar-refractivity contribution in [3.8, 4) is 11.5 Å². The van der Waals surface area contributed by atoms with Gasteiger partial charge in [0.15, 0.2) is 18.1 Å². The predicted octanol–water partition coefficient (Wildman–Crippen LogP) is 1.24. The van der Waals surface area contributed by atoms with E-state index in [1.165, 1.54) is 14.2 Å². The van der Waals surface area contributed by atoms with Gasteiger partial charge in [-0.1, -0.05) is 0 Å². The molecule has 0 aliphatic carbocycles. The molecule has 0 bridgehead atoms. The first kappa shape index (κ1) is 16.3. The molecule has 0 saturated carbocycles. The molecule has 0 aliphatic heterocycles. The molecule has 8 heteroatoms. The number of amides is 1. The van der Waals surface area contributed by atoms with E-state index in [0.717, 1.165) is 0 Å². The van der Waals surface area contributed by atoms with E-state index in [4.69, 9.17) is 14.6 Å². The van der Waals surface area contributed by atoms with Gasteiger partial charge in [0.25, 0.3) is 0 Å². The van der Waals surface area contributed by atoms with Crippen LogP contribution in [-0.2, 0) is 9.53 Å². The summed E-state index contributed by atoms with van der Waals surface area (Å²) in [7, 11) is 2.67. The molecular weight excluding hydrogens is 280 g/mol. The Morgan fingerprint density at radius 3 is 2.57 bits per heavy atom. The van der Waals surface area contributed by atoms with E-state index in [1.54, 1.807) is 25.1 Å². The van der Waals surface area contributed by atoms with Crippen LogP contribution in [0.1, 0.15) is 12.5 Å². The van der Waals surface area contributed by atoms with Crippen molar-refractivity contribution in [2.24, 2.45) is 5.10 Å². The van der Waals surface area contributed by atoms with Gasteiger partial charge in [0.1, 0.15) is 0 Å². The molecule has 2 N–H and O–H groups in total. The number of carboxylic acid groups (broad SMARTS) is 1. The summed E-state index contributed by atoms with van der Waals surface area (Å²) in [5.74, 6) is -0.417. The van der Waals surface area contributed by atoms with E-state index < -0.39 is 18.7 Å². The van der Waals surface area contributed by atoms with Gasteiger partial charge in [0.2, 0.25) is 0 Å². The van der Waals surface area contributed by atoms with Crippen molar-refractivity contribution < 1.29 is 28.9 Å². The highest BCUT2D eigenvalue weighted by Crippen LogP contribution is 2.28. The molecule has 0 aromatic heterocycles. The van der Waals surface area contributed by atoms with Gasteiger partial charge in [-0.2, -0.15) is 5.10 Å². The van der Waals surface area contributed by atoms with Crippen molar-refractivity contribution >= 4 is 17.8 Å². The average Bonchev–Trinajstić information content (AvgIpc) is 2.49. The summed E-state index contributed by atoms with van der Waals surface area (Å²) < 4.78 is 14.6. The zero-order chi connectivity index (χ0) is 15.8. The number of carbonyl (C=O) groups excluding carboxylic acids is 1. The van der Waals surface area contributed by atoms with Crippen LogP contribution < -0.4 is 14.9 Å². The topological polar surface area (TPSA) is 106 Å². The summed E-state index contributed by atoms with van der Waals surface area (Å²) >= 11 is 0. The highest BCUT2D eigenvalue weighted by molar-refractivity contribution is 5.99. The highest BCUT2D eigenvalue weighted by atomic mass is 16.5. The molecule has 1 aromatic carbocycles. The molecule has 1 aromatic rings. The molecular formula is C13H16N2O6. The Balaban J connectivity index is 2.90. The first-order chi connectivity index (χ1) is 9.97. The average molecular weight is 296 g/mol. The zero-order valence-corrected chi connectivity index (χ0v) is 11.9. The molecule has 114 valence electrons. The Hall–Kier alpha value is -2.77. The molecule has 0 saturated heterocycles. The number of rotatable bonds is 6. The normalized spacial score (nSPS) is 10.7. The lowest BCUT2D eigenvalue weighted by atomic mass is 10.1. The summed E-state index contributed by atoms with van der Waals surface area (Å²) in [5, 5.41) is 12.4. The van der Waals surface area contributed by atoms with Crippen molar-refractivity contribution in [3.63, 3.8) is 0 Å². The Bertz CT molecular complexity index is 556. The maximum absolute atomic E-state index is 10.9. The lowest BCUT2D eigenvalue weighted by Crippen LogP contribution is -2.18. The molecule has 0 fully saturated rings. The van der Waals surface area contributed by atoms with Gasteiger partial charge in [-0.25, -0.2) is 15.0 Å². The second-order valence-corrected chi connectivity index (χ2v) is 3.85. The Labute approximate surface area is 121 Å². The van der Waals surface area contributed by atoms with E-state index in [-0.39, 0.29) is 0 Å². The lowest BCUT2D eigenvalue weighted by Gasteiger charge is -2.11. The number of carbonyl (C=O) groups is 2. The summed E-state index contributed by atoms with van der Waals surface area (Å²) in [6.07, 6.45) is -0.678. The number of hydrogen-bond acceptors (Lipinski definition) is 6. The SMILES string of the molecule is COC(=O)N/N=C(/C)c1ccc(OCC(=O)O)c(OC)c1. The minimum absolute atomic E-state index is 0.303. The number of benzene rings is 1. The smallest absolute Gasteiger partial charge is 0.427 e. The zero-order valence-electron chi connectivity index (χ0n) is 11.9. The quantitative estimate of drug-likeness (QED) is 0.604. The maximum Gasteiger partial charge on any atom is 0.427 e. The van der Waals surface area contributed by atoms with Crippen LogP contribution >= 0.6 is 0 Å². The number of aliphatic carboxylic acids is 1. The number of hydrazone groups is 1. The van der Waals surface area contributed by atoms with Crippen LogP contribution in [0, 0.1) is 0 Å². The van der Waals surface area contributed by atoms with Crippen LogP contribution in [0.3, 0.4) is 0 Å². The van der Waals surface area contributed by atoms with Crippen molar-refractivity contribution in [2.75, 3.05) is 20.8 Å². The van der Waals surface area contributed by atoms with Gasteiger partial charge in [-0.15, -0.1) is 0 Å². The minimum Gasteiger partial charge on any atom is -0.493 e. The molecule has 1 rings (SSSR count). The van der Waals surface area contributed by atoms with E-state index >= 15 is 0 Å². The summed E-state index contributed by atoms with van der Waals surface area (Å²) in [5.41, 5.74) is 3.39. The van der Waals surface area contributed by atoms with Crippen LogP contribution in [-0.4, -0.2) is 43.7 Å². The predicted molar refractivity (Wildman–Crippen MR) is 73.9 cm³/mol. The molecule has 0 unspecified atom stereocenters. The van der Waals surface area contributed by atoms with Crippen molar-refractivity contribution in [1.29, 1.82) is 0 Å². The van der Waals surface area contributed by atoms with Crippen LogP contribution in [0.25, 0.3) is 0 Å². The van der Waals surface area contributed by atoms with Gasteiger partial charge in [-0.3, -0.25) is 0 Å². The number of carboxylic acids is 1. The maximum atomic E-state index is 10.9. The first-order valence-electron chi connectivity index (χ1n) is 5.89. The number of ether oxygens (including phenoxy) is 3. The fourth-order valence-electron chi connectivity index (χ4n) is 1.39.